The second kappa shape index (κ2) is 9.43. The molecule has 0 bridgehead atoms. The fourth-order valence-corrected chi connectivity index (χ4v) is 3.94. The van der Waals surface area contributed by atoms with E-state index < -0.39 is 36.0 Å². The van der Waals surface area contributed by atoms with Crippen LogP contribution >= 0.6 is 11.3 Å². The molecule has 3 aromatic rings. The van der Waals surface area contributed by atoms with Crippen LogP contribution in [0.4, 0.5) is 5.00 Å². The molecule has 0 atom stereocenters. The van der Waals surface area contributed by atoms with E-state index >= 15 is 0 Å². The molecule has 2 heterocycles. The number of carbonyl (C=O) groups excluding carboxylic acids is 4. The summed E-state index contributed by atoms with van der Waals surface area (Å²) < 4.78 is 19.4. The second-order valence-corrected chi connectivity index (χ2v) is 7.37. The van der Waals surface area contributed by atoms with Crippen molar-refractivity contribution in [2.45, 2.75) is 6.92 Å². The zero-order valence-electron chi connectivity index (χ0n) is 17.2. The zero-order valence-corrected chi connectivity index (χ0v) is 18.0. The monoisotopic (exact) mass is 459 g/mol. The first-order valence-electron chi connectivity index (χ1n) is 9.06. The Labute approximate surface area is 184 Å². The second-order valence-electron chi connectivity index (χ2n) is 6.35. The highest BCUT2D eigenvalue weighted by Crippen LogP contribution is 2.34. The van der Waals surface area contributed by atoms with Crippen LogP contribution in [0.2, 0.25) is 0 Å². The maximum atomic E-state index is 12.3. The van der Waals surface area contributed by atoms with E-state index in [-0.39, 0.29) is 26.6 Å². The zero-order chi connectivity index (χ0) is 23.4. The van der Waals surface area contributed by atoms with Gasteiger partial charge in [-0.05, 0) is 24.6 Å². The molecule has 0 aliphatic carbocycles. The number of methoxy groups -OCH3 is 2. The van der Waals surface area contributed by atoms with Gasteiger partial charge in [-0.25, -0.2) is 19.2 Å². The van der Waals surface area contributed by atoms with Crippen LogP contribution in [0, 0.1) is 6.92 Å². The van der Waals surface area contributed by atoms with Crippen molar-refractivity contribution in [3.63, 3.8) is 0 Å². The third kappa shape index (κ3) is 4.52. The molecule has 0 unspecified atom stereocenters. The third-order valence-corrected chi connectivity index (χ3v) is 5.54. The highest BCUT2D eigenvalue weighted by Gasteiger charge is 2.27. The van der Waals surface area contributed by atoms with Gasteiger partial charge in [0.1, 0.15) is 21.0 Å². The summed E-state index contributed by atoms with van der Waals surface area (Å²) in [5.41, 5.74) is -0.718. The van der Waals surface area contributed by atoms with Crippen molar-refractivity contribution in [2.24, 2.45) is 0 Å². The standard InChI is InChI=1S/C21H17NO9S/c1-10-15(20(26)28-2)17(32-16(10)21(27)29-3)22-14(23)9-30-18(24)12-8-11-6-4-5-7-13(11)31-19(12)25/h4-8H,9H2,1-3H3,(H,22,23). The van der Waals surface area contributed by atoms with E-state index in [1.807, 2.05) is 0 Å². The number of anilines is 1. The molecule has 1 aromatic carbocycles. The van der Waals surface area contributed by atoms with Crippen LogP contribution in [0.25, 0.3) is 11.0 Å². The maximum Gasteiger partial charge on any atom is 0.351 e. The molecule has 2 aromatic heterocycles. The number of esters is 3. The predicted octanol–water partition coefficient (Wildman–Crippen LogP) is 2.53. The first kappa shape index (κ1) is 22.7. The molecule has 3 rings (SSSR count). The summed E-state index contributed by atoms with van der Waals surface area (Å²) in [6, 6.07) is 7.91. The van der Waals surface area contributed by atoms with Gasteiger partial charge < -0.3 is 23.9 Å². The normalized spacial score (nSPS) is 10.5. The minimum Gasteiger partial charge on any atom is -0.465 e. The Balaban J connectivity index is 1.76. The van der Waals surface area contributed by atoms with E-state index in [1.54, 1.807) is 24.3 Å². The van der Waals surface area contributed by atoms with Gasteiger partial charge in [-0.1, -0.05) is 18.2 Å². The maximum absolute atomic E-state index is 12.3. The Morgan fingerprint density at radius 2 is 1.72 bits per heavy atom. The first-order chi connectivity index (χ1) is 15.3. The Bertz CT molecular complexity index is 1290. The molecule has 0 spiro atoms. The lowest BCUT2D eigenvalue weighted by atomic mass is 10.1. The van der Waals surface area contributed by atoms with Gasteiger partial charge >= 0.3 is 23.5 Å². The molecule has 1 N–H and O–H groups in total. The van der Waals surface area contributed by atoms with Crippen molar-refractivity contribution in [2.75, 3.05) is 26.1 Å². The van der Waals surface area contributed by atoms with Crippen LogP contribution in [-0.2, 0) is 19.0 Å². The Hall–Kier alpha value is -3.99. The average molecular weight is 459 g/mol. The lowest BCUT2D eigenvalue weighted by molar-refractivity contribution is -0.119. The number of hydrogen-bond acceptors (Lipinski definition) is 10. The Morgan fingerprint density at radius 3 is 2.41 bits per heavy atom. The van der Waals surface area contributed by atoms with Crippen molar-refractivity contribution in [3.8, 4) is 0 Å². The number of thiophene rings is 1. The van der Waals surface area contributed by atoms with Gasteiger partial charge in [0, 0.05) is 5.39 Å². The van der Waals surface area contributed by atoms with E-state index in [4.69, 9.17) is 13.9 Å². The SMILES string of the molecule is COC(=O)c1sc(NC(=O)COC(=O)c2cc3ccccc3oc2=O)c(C(=O)OC)c1C. The quantitative estimate of drug-likeness (QED) is 0.335. The topological polar surface area (TPSA) is 138 Å². The highest BCUT2D eigenvalue weighted by molar-refractivity contribution is 7.18. The summed E-state index contributed by atoms with van der Waals surface area (Å²) in [4.78, 5) is 60.8. The molecular weight excluding hydrogens is 442 g/mol. The summed E-state index contributed by atoms with van der Waals surface area (Å²) in [6.07, 6.45) is 0. The number of para-hydroxylation sites is 1. The number of hydrogen-bond donors (Lipinski definition) is 1. The van der Waals surface area contributed by atoms with Gasteiger partial charge in [0.2, 0.25) is 0 Å². The summed E-state index contributed by atoms with van der Waals surface area (Å²) in [5, 5.41) is 2.95. The fourth-order valence-electron chi connectivity index (χ4n) is 2.81. The number of benzene rings is 1. The fraction of sp³-hybridized carbons (Fsp3) is 0.190. The number of ether oxygens (including phenoxy) is 3. The van der Waals surface area contributed by atoms with Crippen molar-refractivity contribution in [1.29, 1.82) is 0 Å². The molecule has 10 nitrogen and oxygen atoms in total. The van der Waals surface area contributed by atoms with Gasteiger partial charge in [-0.15, -0.1) is 11.3 Å². The molecule has 0 radical (unpaired) electrons. The van der Waals surface area contributed by atoms with Crippen LogP contribution in [0.3, 0.4) is 0 Å². The summed E-state index contributed by atoms with van der Waals surface area (Å²) in [7, 11) is 2.33. The minimum atomic E-state index is -1.05. The third-order valence-electron chi connectivity index (χ3n) is 4.36. The van der Waals surface area contributed by atoms with Crippen molar-refractivity contribution in [3.05, 3.63) is 62.3 Å². The Morgan fingerprint density at radius 1 is 1.03 bits per heavy atom. The van der Waals surface area contributed by atoms with E-state index in [2.05, 4.69) is 10.1 Å². The molecule has 0 saturated carbocycles. The molecule has 0 saturated heterocycles. The molecule has 166 valence electrons. The van der Waals surface area contributed by atoms with E-state index in [0.717, 1.165) is 18.4 Å². The molecule has 32 heavy (non-hydrogen) atoms. The molecule has 11 heteroatoms. The van der Waals surface area contributed by atoms with Crippen LogP contribution in [-0.4, -0.2) is 44.6 Å². The van der Waals surface area contributed by atoms with Crippen LogP contribution in [0.1, 0.15) is 36.0 Å². The summed E-state index contributed by atoms with van der Waals surface area (Å²) in [5.74, 6) is -3.31. The molecule has 0 aliphatic rings. The van der Waals surface area contributed by atoms with E-state index in [9.17, 15) is 24.0 Å². The Kier molecular flexibility index (Phi) is 6.69. The summed E-state index contributed by atoms with van der Waals surface area (Å²) in [6.45, 7) is 0.750. The number of fused-ring (bicyclic) bond motifs is 1. The number of carbonyl (C=O) groups is 4. The van der Waals surface area contributed by atoms with Crippen molar-refractivity contribution >= 4 is 51.1 Å². The van der Waals surface area contributed by atoms with Crippen molar-refractivity contribution < 1.29 is 37.8 Å². The molecule has 0 fully saturated rings. The van der Waals surface area contributed by atoms with Gasteiger partial charge in [-0.3, -0.25) is 4.79 Å². The number of rotatable bonds is 6. The van der Waals surface area contributed by atoms with Gasteiger partial charge in [0.05, 0.1) is 19.8 Å². The van der Waals surface area contributed by atoms with Crippen LogP contribution < -0.4 is 10.9 Å². The van der Waals surface area contributed by atoms with Crippen molar-refractivity contribution in [1.82, 2.24) is 0 Å². The first-order valence-corrected chi connectivity index (χ1v) is 9.88. The average Bonchev–Trinajstić information content (AvgIpc) is 3.11. The van der Waals surface area contributed by atoms with E-state index in [1.165, 1.54) is 20.1 Å². The highest BCUT2D eigenvalue weighted by atomic mass is 32.1. The van der Waals surface area contributed by atoms with Crippen LogP contribution in [0.5, 0.6) is 0 Å². The van der Waals surface area contributed by atoms with Gasteiger partial charge in [-0.2, -0.15) is 0 Å². The summed E-state index contributed by atoms with van der Waals surface area (Å²) >= 11 is 0.813. The smallest absolute Gasteiger partial charge is 0.351 e. The largest absolute Gasteiger partial charge is 0.465 e. The lowest BCUT2D eigenvalue weighted by Crippen LogP contribution is -2.24. The number of amides is 1. The minimum absolute atomic E-state index is 0.0206. The predicted molar refractivity (Wildman–Crippen MR) is 113 cm³/mol. The molecular formula is C21H17NO9S. The van der Waals surface area contributed by atoms with Crippen LogP contribution in [0.15, 0.2) is 39.5 Å². The lowest BCUT2D eigenvalue weighted by Gasteiger charge is -2.07. The molecule has 1 amide bonds. The van der Waals surface area contributed by atoms with Gasteiger partial charge in [0.15, 0.2) is 6.61 Å². The van der Waals surface area contributed by atoms with Gasteiger partial charge in [0.25, 0.3) is 5.91 Å². The number of nitrogens with one attached hydrogen (secondary N) is 1. The van der Waals surface area contributed by atoms with E-state index in [0.29, 0.717) is 11.0 Å². The molecule has 0 aliphatic heterocycles.